The van der Waals surface area contributed by atoms with Gasteiger partial charge < -0.3 is 20.4 Å². The highest BCUT2D eigenvalue weighted by atomic mass is 32.1. The molecule has 5 aromatic rings. The van der Waals surface area contributed by atoms with Crippen LogP contribution in [0, 0.1) is 0 Å². The summed E-state index contributed by atoms with van der Waals surface area (Å²) in [6.07, 6.45) is 5.79. The van der Waals surface area contributed by atoms with E-state index in [0.717, 1.165) is 72.2 Å². The lowest BCUT2D eigenvalue weighted by Gasteiger charge is -2.33. The molecule has 2 aromatic heterocycles. The van der Waals surface area contributed by atoms with Crippen molar-refractivity contribution in [1.29, 1.82) is 0 Å². The quantitative estimate of drug-likeness (QED) is 0.255. The first-order chi connectivity index (χ1) is 20.1. The van der Waals surface area contributed by atoms with Crippen molar-refractivity contribution in [3.8, 4) is 0 Å². The number of para-hydroxylation sites is 1. The molecule has 0 spiro atoms. The van der Waals surface area contributed by atoms with E-state index in [4.69, 9.17) is 0 Å². The molecule has 0 atom stereocenters. The number of hydrogen-bond acceptors (Lipinski definition) is 8. The molecule has 4 heterocycles. The number of benzene rings is 2. The van der Waals surface area contributed by atoms with E-state index in [9.17, 15) is 14.4 Å². The molecule has 41 heavy (non-hydrogen) atoms. The van der Waals surface area contributed by atoms with Crippen LogP contribution in [0.5, 0.6) is 0 Å². The van der Waals surface area contributed by atoms with E-state index in [1.807, 2.05) is 58.8 Å². The topological polar surface area (TPSA) is 94.6 Å². The SMILES string of the molecule is O=C(Nc1ccc2c(c1)CCN2c1c(N2CCCCC2)c(=O)c1=O)c1sccc1NCc1ccnc2ccccc12. The van der Waals surface area contributed by atoms with Gasteiger partial charge in [-0.25, -0.2) is 0 Å². The summed E-state index contributed by atoms with van der Waals surface area (Å²) in [5.74, 6) is -0.174. The monoisotopic (exact) mass is 563 g/mol. The smallest absolute Gasteiger partial charge is 0.267 e. The molecule has 2 aliphatic rings. The summed E-state index contributed by atoms with van der Waals surface area (Å²) in [5.41, 5.74) is 5.87. The number of nitrogens with one attached hydrogen (secondary N) is 2. The molecule has 2 aliphatic heterocycles. The first-order valence-electron chi connectivity index (χ1n) is 14.0. The van der Waals surface area contributed by atoms with Gasteiger partial charge in [-0.05, 0) is 78.6 Å². The Bertz CT molecular complexity index is 1840. The Morgan fingerprint density at radius 3 is 2.63 bits per heavy atom. The molecule has 206 valence electrons. The van der Waals surface area contributed by atoms with Crippen molar-refractivity contribution in [3.63, 3.8) is 0 Å². The Balaban J connectivity index is 1.06. The van der Waals surface area contributed by atoms with Crippen molar-refractivity contribution in [3.05, 3.63) is 103 Å². The van der Waals surface area contributed by atoms with E-state index in [1.54, 1.807) is 6.20 Å². The van der Waals surface area contributed by atoms with E-state index >= 15 is 0 Å². The number of nitrogens with zero attached hydrogens (tertiary/aromatic N) is 3. The van der Waals surface area contributed by atoms with Gasteiger partial charge >= 0.3 is 0 Å². The number of pyridine rings is 1. The normalized spacial score (nSPS) is 14.9. The Morgan fingerprint density at radius 1 is 0.927 bits per heavy atom. The van der Waals surface area contributed by atoms with Crippen LogP contribution in [0.4, 0.5) is 28.4 Å². The lowest BCUT2D eigenvalue weighted by atomic mass is 10.1. The average molecular weight is 564 g/mol. The summed E-state index contributed by atoms with van der Waals surface area (Å²) >= 11 is 1.39. The Morgan fingerprint density at radius 2 is 1.76 bits per heavy atom. The second kappa shape index (κ2) is 10.5. The lowest BCUT2D eigenvalue weighted by Crippen LogP contribution is -2.46. The number of aromatic nitrogens is 1. The van der Waals surface area contributed by atoms with Gasteiger partial charge in [-0.15, -0.1) is 11.3 Å². The highest BCUT2D eigenvalue weighted by Crippen LogP contribution is 2.39. The summed E-state index contributed by atoms with van der Waals surface area (Å²) in [6.45, 7) is 2.86. The van der Waals surface area contributed by atoms with Crippen LogP contribution in [0.25, 0.3) is 10.9 Å². The van der Waals surface area contributed by atoms with E-state index in [1.165, 1.54) is 11.3 Å². The number of hydrogen-bond donors (Lipinski definition) is 2. The van der Waals surface area contributed by atoms with Crippen LogP contribution in [0.1, 0.15) is 40.1 Å². The van der Waals surface area contributed by atoms with Gasteiger partial charge in [0.25, 0.3) is 16.8 Å². The maximum Gasteiger partial charge on any atom is 0.267 e. The maximum absolute atomic E-state index is 13.3. The van der Waals surface area contributed by atoms with Crippen molar-refractivity contribution >= 4 is 56.6 Å². The van der Waals surface area contributed by atoms with Gasteiger partial charge in [-0.3, -0.25) is 19.4 Å². The zero-order valence-corrected chi connectivity index (χ0v) is 23.3. The number of thiophene rings is 1. The summed E-state index contributed by atoms with van der Waals surface area (Å²) in [7, 11) is 0. The first kappa shape index (κ1) is 25.5. The molecule has 3 aromatic carbocycles. The molecule has 0 unspecified atom stereocenters. The van der Waals surface area contributed by atoms with E-state index in [0.29, 0.717) is 35.0 Å². The van der Waals surface area contributed by atoms with Crippen LogP contribution in [-0.4, -0.2) is 30.5 Å². The summed E-state index contributed by atoms with van der Waals surface area (Å²) in [6, 6.07) is 17.7. The fraction of sp³-hybridized carbons (Fsp3) is 0.250. The third-order valence-electron chi connectivity index (χ3n) is 8.12. The highest BCUT2D eigenvalue weighted by Gasteiger charge is 2.34. The van der Waals surface area contributed by atoms with Crippen molar-refractivity contribution < 1.29 is 4.79 Å². The van der Waals surface area contributed by atoms with Gasteiger partial charge in [0.1, 0.15) is 16.3 Å². The van der Waals surface area contributed by atoms with E-state index in [-0.39, 0.29) is 11.3 Å². The molecule has 1 fully saturated rings. The Labute approximate surface area is 241 Å². The second-order valence-corrected chi connectivity index (χ2v) is 11.5. The van der Waals surface area contributed by atoms with Crippen molar-refractivity contribution in [2.24, 2.45) is 0 Å². The molecule has 7 rings (SSSR count). The molecule has 2 N–H and O–H groups in total. The zero-order valence-electron chi connectivity index (χ0n) is 22.5. The highest BCUT2D eigenvalue weighted by molar-refractivity contribution is 7.12. The lowest BCUT2D eigenvalue weighted by molar-refractivity contribution is 0.103. The largest absolute Gasteiger partial charge is 0.380 e. The number of amides is 1. The van der Waals surface area contributed by atoms with Crippen LogP contribution in [0.2, 0.25) is 0 Å². The predicted molar refractivity (Wildman–Crippen MR) is 166 cm³/mol. The van der Waals surface area contributed by atoms with Crippen LogP contribution in [-0.2, 0) is 13.0 Å². The third kappa shape index (κ3) is 4.56. The number of rotatable bonds is 7. The molecule has 0 bridgehead atoms. The molecule has 0 radical (unpaired) electrons. The van der Waals surface area contributed by atoms with Crippen LogP contribution < -0.4 is 31.3 Å². The standard InChI is InChI=1S/C32H29N5O3S/c38-29-27(36-14-4-1-5-15-36)28(30(29)39)37-16-11-20-18-22(8-9-26(20)37)35-32(40)31-25(12-17-41-31)34-19-21-10-13-33-24-7-3-2-6-23(21)24/h2-3,6-10,12-13,17-18,34H,1,4-5,11,14-16,19H2,(H,35,40). The molecular formula is C32H29N5O3S. The van der Waals surface area contributed by atoms with Crippen LogP contribution in [0.15, 0.2) is 75.8 Å². The van der Waals surface area contributed by atoms with Crippen molar-refractivity contribution in [1.82, 2.24) is 4.98 Å². The van der Waals surface area contributed by atoms with E-state index in [2.05, 4.69) is 26.6 Å². The molecule has 1 amide bonds. The molecule has 8 nitrogen and oxygen atoms in total. The summed E-state index contributed by atoms with van der Waals surface area (Å²) in [5, 5.41) is 9.47. The number of piperidine rings is 1. The minimum atomic E-state index is -0.395. The van der Waals surface area contributed by atoms with E-state index < -0.39 is 5.43 Å². The van der Waals surface area contributed by atoms with Crippen LogP contribution in [0.3, 0.4) is 0 Å². The molecule has 9 heteroatoms. The summed E-state index contributed by atoms with van der Waals surface area (Å²) in [4.78, 5) is 47.6. The van der Waals surface area contributed by atoms with Gasteiger partial charge in [-0.2, -0.15) is 0 Å². The Kier molecular flexibility index (Phi) is 6.51. The molecule has 0 aliphatic carbocycles. The number of anilines is 5. The number of carbonyl (C=O) groups is 1. The Hall–Kier alpha value is -4.50. The first-order valence-corrected chi connectivity index (χ1v) is 14.9. The number of fused-ring (bicyclic) bond motifs is 2. The second-order valence-electron chi connectivity index (χ2n) is 10.6. The minimum Gasteiger partial charge on any atom is -0.380 e. The maximum atomic E-state index is 13.3. The summed E-state index contributed by atoms with van der Waals surface area (Å²) < 4.78 is 0. The average Bonchev–Trinajstić information content (AvgIpc) is 3.65. The van der Waals surface area contributed by atoms with Gasteiger partial charge in [0.2, 0.25) is 0 Å². The third-order valence-corrected chi connectivity index (χ3v) is 9.03. The molecular weight excluding hydrogens is 534 g/mol. The van der Waals surface area contributed by atoms with Crippen LogP contribution >= 0.6 is 11.3 Å². The van der Waals surface area contributed by atoms with Gasteiger partial charge in [0.15, 0.2) is 0 Å². The van der Waals surface area contributed by atoms with Gasteiger partial charge in [0.05, 0.1) is 11.2 Å². The number of carbonyl (C=O) groups excluding carboxylic acids is 1. The fourth-order valence-corrected chi connectivity index (χ4v) is 6.82. The molecule has 0 saturated carbocycles. The zero-order chi connectivity index (χ0) is 27.9. The van der Waals surface area contributed by atoms with Gasteiger partial charge in [0, 0.05) is 49.1 Å². The van der Waals surface area contributed by atoms with Crippen molar-refractivity contribution in [2.45, 2.75) is 32.2 Å². The van der Waals surface area contributed by atoms with Crippen molar-refractivity contribution in [2.75, 3.05) is 40.1 Å². The van der Waals surface area contributed by atoms with Gasteiger partial charge in [-0.1, -0.05) is 18.2 Å². The molecule has 1 saturated heterocycles. The predicted octanol–water partition coefficient (Wildman–Crippen LogP) is 5.44. The fourth-order valence-electron chi connectivity index (χ4n) is 6.05. The minimum absolute atomic E-state index is 0.174.